The Balaban J connectivity index is 1.66. The van der Waals surface area contributed by atoms with Gasteiger partial charge in [0.2, 0.25) is 5.91 Å². The zero-order valence-corrected chi connectivity index (χ0v) is 19.0. The van der Waals surface area contributed by atoms with Crippen LogP contribution in [0.4, 0.5) is 9.18 Å². The molecule has 170 valence electrons. The van der Waals surface area contributed by atoms with Crippen molar-refractivity contribution in [3.8, 4) is 0 Å². The van der Waals surface area contributed by atoms with Crippen molar-refractivity contribution in [2.45, 2.75) is 51.6 Å². The lowest BCUT2D eigenvalue weighted by Crippen LogP contribution is -2.56. The maximum absolute atomic E-state index is 13.4. The summed E-state index contributed by atoms with van der Waals surface area (Å²) in [6.07, 6.45) is 5.20. The van der Waals surface area contributed by atoms with Crippen molar-refractivity contribution >= 4 is 29.4 Å². The number of imide groups is 1. The van der Waals surface area contributed by atoms with Crippen LogP contribution in [0.15, 0.2) is 35.3 Å². The third-order valence-corrected chi connectivity index (χ3v) is 6.75. The molecule has 3 rings (SSSR count). The Hall–Kier alpha value is -2.35. The summed E-state index contributed by atoms with van der Waals surface area (Å²) >= 11 is 5.95. The van der Waals surface area contributed by atoms with Crippen LogP contribution in [0, 0.1) is 11.8 Å². The zero-order valence-electron chi connectivity index (χ0n) is 18.2. The summed E-state index contributed by atoms with van der Waals surface area (Å²) in [5.74, 6) is -1.16. The predicted molar refractivity (Wildman–Crippen MR) is 117 cm³/mol. The summed E-state index contributed by atoms with van der Waals surface area (Å²) in [6.45, 7) is 10.4. The molecule has 2 heterocycles. The minimum Gasteiger partial charge on any atom is -0.365 e. The Bertz CT molecular complexity index is 850. The van der Waals surface area contributed by atoms with Crippen LogP contribution in [-0.2, 0) is 9.59 Å². The molecule has 2 N–H and O–H groups in total. The maximum Gasteiger partial charge on any atom is 0.322 e. The van der Waals surface area contributed by atoms with E-state index >= 15 is 0 Å². The summed E-state index contributed by atoms with van der Waals surface area (Å²) in [5, 5.41) is 5.14. The summed E-state index contributed by atoms with van der Waals surface area (Å²) in [7, 11) is 0. The number of hydrogen-bond acceptors (Lipinski definition) is 4. The molecule has 2 aliphatic heterocycles. The van der Waals surface area contributed by atoms with Gasteiger partial charge in [0.1, 0.15) is 11.4 Å². The Labute approximate surface area is 187 Å². The SMILES string of the molecule is C=C/C(=C\C(Cl)=C(/C)F)N1CCN(C(=O)C(C)CC2(C3CC3)NC(=O)NC2=O)C[C@@H]1C. The highest BCUT2D eigenvalue weighted by Gasteiger charge is 2.56. The largest absolute Gasteiger partial charge is 0.365 e. The van der Waals surface area contributed by atoms with E-state index in [1.165, 1.54) is 6.92 Å². The number of allylic oxidation sites excluding steroid dienone is 4. The molecule has 2 unspecified atom stereocenters. The molecule has 1 saturated carbocycles. The quantitative estimate of drug-likeness (QED) is 0.459. The van der Waals surface area contributed by atoms with Gasteiger partial charge in [0.15, 0.2) is 0 Å². The Morgan fingerprint density at radius 3 is 2.55 bits per heavy atom. The van der Waals surface area contributed by atoms with Crippen LogP contribution < -0.4 is 10.6 Å². The van der Waals surface area contributed by atoms with Gasteiger partial charge >= 0.3 is 6.03 Å². The van der Waals surface area contributed by atoms with E-state index in [0.717, 1.165) is 12.8 Å². The standard InChI is InChI=1S/C22H30ClFN4O3/c1-5-17(10-18(23)15(4)24)28-9-8-27(12-14(28)3)19(29)13(2)11-22(16-6-7-16)20(30)25-21(31)26-22/h5,10,13-14,16H,1,6-9,11-12H2,2-4H3,(H2,25,26,30,31)/b17-10+,18-15-/t13?,14-,22?/m0/s1. The fraction of sp³-hybridized carbons (Fsp3) is 0.591. The van der Waals surface area contributed by atoms with E-state index in [9.17, 15) is 18.8 Å². The molecule has 2 saturated heterocycles. The molecule has 0 bridgehead atoms. The first kappa shape index (κ1) is 23.3. The zero-order chi connectivity index (χ0) is 22.9. The number of carbonyl (C=O) groups is 3. The Morgan fingerprint density at radius 1 is 1.39 bits per heavy atom. The fourth-order valence-electron chi connectivity index (χ4n) is 4.59. The normalized spacial score (nSPS) is 28.7. The number of hydrogen-bond donors (Lipinski definition) is 2. The molecule has 3 fully saturated rings. The van der Waals surface area contributed by atoms with Crippen molar-refractivity contribution in [3.05, 3.63) is 35.3 Å². The van der Waals surface area contributed by atoms with Crippen molar-refractivity contribution in [1.29, 1.82) is 0 Å². The van der Waals surface area contributed by atoms with E-state index in [0.29, 0.717) is 25.3 Å². The highest BCUT2D eigenvalue weighted by molar-refractivity contribution is 6.31. The van der Waals surface area contributed by atoms with Gasteiger partial charge in [-0.25, -0.2) is 9.18 Å². The van der Waals surface area contributed by atoms with E-state index in [1.54, 1.807) is 17.1 Å². The lowest BCUT2D eigenvalue weighted by Gasteiger charge is -2.43. The molecule has 0 aromatic carbocycles. The predicted octanol–water partition coefficient (Wildman–Crippen LogP) is 3.04. The molecule has 0 spiro atoms. The van der Waals surface area contributed by atoms with E-state index in [-0.39, 0.29) is 35.2 Å². The smallest absolute Gasteiger partial charge is 0.322 e. The molecule has 0 aromatic heterocycles. The monoisotopic (exact) mass is 452 g/mol. The fourth-order valence-corrected chi connectivity index (χ4v) is 4.70. The third-order valence-electron chi connectivity index (χ3n) is 6.38. The van der Waals surface area contributed by atoms with E-state index in [2.05, 4.69) is 17.2 Å². The number of halogens is 2. The first-order valence-corrected chi connectivity index (χ1v) is 11.0. The molecule has 0 aromatic rings. The van der Waals surface area contributed by atoms with Gasteiger partial charge in [0, 0.05) is 37.3 Å². The van der Waals surface area contributed by atoms with Gasteiger partial charge in [-0.3, -0.25) is 14.9 Å². The second-order valence-corrected chi connectivity index (χ2v) is 9.15. The molecule has 3 atom stereocenters. The van der Waals surface area contributed by atoms with Crippen LogP contribution in [0.25, 0.3) is 0 Å². The number of amides is 4. The number of rotatable bonds is 7. The van der Waals surface area contributed by atoms with Crippen molar-refractivity contribution in [1.82, 2.24) is 20.4 Å². The van der Waals surface area contributed by atoms with Crippen molar-refractivity contribution in [2.24, 2.45) is 11.8 Å². The van der Waals surface area contributed by atoms with Gasteiger partial charge in [0.05, 0.1) is 5.03 Å². The Kier molecular flexibility index (Phi) is 6.79. The topological polar surface area (TPSA) is 81.8 Å². The van der Waals surface area contributed by atoms with Crippen LogP contribution in [0.2, 0.25) is 0 Å². The molecule has 9 heteroatoms. The average molecular weight is 453 g/mol. The number of nitrogens with zero attached hydrogens (tertiary/aromatic N) is 2. The molecular formula is C22H30ClFN4O3. The molecule has 1 aliphatic carbocycles. The second kappa shape index (κ2) is 9.02. The summed E-state index contributed by atoms with van der Waals surface area (Å²) in [6, 6.07) is -0.510. The number of nitrogens with one attached hydrogen (secondary N) is 2. The Morgan fingerprint density at radius 2 is 2.06 bits per heavy atom. The third kappa shape index (κ3) is 4.79. The van der Waals surface area contributed by atoms with Crippen LogP contribution in [0.5, 0.6) is 0 Å². The lowest BCUT2D eigenvalue weighted by atomic mass is 9.83. The van der Waals surface area contributed by atoms with Crippen LogP contribution in [-0.4, -0.2) is 58.9 Å². The maximum atomic E-state index is 13.4. The first-order chi connectivity index (χ1) is 14.6. The molecule has 31 heavy (non-hydrogen) atoms. The molecule has 3 aliphatic rings. The number of piperazine rings is 1. The van der Waals surface area contributed by atoms with Crippen LogP contribution in [0.3, 0.4) is 0 Å². The van der Waals surface area contributed by atoms with E-state index in [4.69, 9.17) is 11.6 Å². The average Bonchev–Trinajstić information content (AvgIpc) is 3.52. The summed E-state index contributed by atoms with van der Waals surface area (Å²) in [5.41, 5.74) is -0.279. The van der Waals surface area contributed by atoms with Crippen molar-refractivity contribution in [3.63, 3.8) is 0 Å². The van der Waals surface area contributed by atoms with Gasteiger partial charge < -0.3 is 15.1 Å². The minimum atomic E-state index is -0.981. The highest BCUT2D eigenvalue weighted by Crippen LogP contribution is 2.44. The minimum absolute atomic E-state index is 0.0228. The molecule has 4 amide bonds. The van der Waals surface area contributed by atoms with E-state index < -0.39 is 23.3 Å². The van der Waals surface area contributed by atoms with Gasteiger partial charge in [-0.15, -0.1) is 0 Å². The van der Waals surface area contributed by atoms with Gasteiger partial charge in [0.25, 0.3) is 5.91 Å². The van der Waals surface area contributed by atoms with Gasteiger partial charge in [-0.1, -0.05) is 25.1 Å². The van der Waals surface area contributed by atoms with Crippen LogP contribution >= 0.6 is 11.6 Å². The summed E-state index contributed by atoms with van der Waals surface area (Å²) < 4.78 is 13.4. The number of urea groups is 1. The van der Waals surface area contributed by atoms with Crippen molar-refractivity contribution < 1.29 is 18.8 Å². The molecule has 7 nitrogen and oxygen atoms in total. The second-order valence-electron chi connectivity index (χ2n) is 8.74. The highest BCUT2D eigenvalue weighted by atomic mass is 35.5. The summed E-state index contributed by atoms with van der Waals surface area (Å²) in [4.78, 5) is 41.2. The van der Waals surface area contributed by atoms with Gasteiger partial charge in [-0.05, 0) is 51.2 Å². The number of carbonyl (C=O) groups excluding carboxylic acids is 3. The van der Waals surface area contributed by atoms with Crippen molar-refractivity contribution in [2.75, 3.05) is 19.6 Å². The molecular weight excluding hydrogens is 423 g/mol. The van der Waals surface area contributed by atoms with Gasteiger partial charge in [-0.2, -0.15) is 0 Å². The lowest BCUT2D eigenvalue weighted by molar-refractivity contribution is -0.139. The first-order valence-electron chi connectivity index (χ1n) is 10.6. The van der Waals surface area contributed by atoms with Crippen LogP contribution in [0.1, 0.15) is 40.0 Å². The van der Waals surface area contributed by atoms with E-state index in [1.807, 2.05) is 18.7 Å². The molecule has 0 radical (unpaired) electrons.